The third kappa shape index (κ3) is 0.856. The SMILES string of the molecule is C1=CC2=C(CCC=N2)NC1. The highest BCUT2D eigenvalue weighted by molar-refractivity contribution is 5.62. The number of aliphatic imine (C=N–C) groups is 1. The highest BCUT2D eigenvalue weighted by atomic mass is 14.9. The molecule has 0 saturated heterocycles. The van der Waals surface area contributed by atoms with Crippen LogP contribution in [0.25, 0.3) is 0 Å². The van der Waals surface area contributed by atoms with E-state index in [0.29, 0.717) is 0 Å². The Labute approximate surface area is 60.3 Å². The summed E-state index contributed by atoms with van der Waals surface area (Å²) in [4.78, 5) is 4.26. The summed E-state index contributed by atoms with van der Waals surface area (Å²) in [5.74, 6) is 0. The van der Waals surface area contributed by atoms with Crippen LogP contribution in [0.3, 0.4) is 0 Å². The second kappa shape index (κ2) is 2.29. The Hall–Kier alpha value is -1.05. The molecule has 0 unspecified atom stereocenters. The second-order valence-electron chi connectivity index (χ2n) is 2.50. The minimum Gasteiger partial charge on any atom is -0.383 e. The van der Waals surface area contributed by atoms with Gasteiger partial charge >= 0.3 is 0 Å². The third-order valence-corrected chi connectivity index (χ3v) is 1.77. The summed E-state index contributed by atoms with van der Waals surface area (Å²) in [5, 5.41) is 3.30. The van der Waals surface area contributed by atoms with Crippen LogP contribution >= 0.6 is 0 Å². The van der Waals surface area contributed by atoms with Crippen LogP contribution in [0.4, 0.5) is 0 Å². The molecule has 0 aromatic rings. The number of nitrogens with zero attached hydrogens (tertiary/aromatic N) is 1. The van der Waals surface area contributed by atoms with E-state index in [-0.39, 0.29) is 0 Å². The fourth-order valence-corrected chi connectivity index (χ4v) is 1.25. The minimum atomic E-state index is 0.967. The first-order valence-corrected chi connectivity index (χ1v) is 3.63. The van der Waals surface area contributed by atoms with Crippen LogP contribution < -0.4 is 5.32 Å². The first kappa shape index (κ1) is 5.71. The normalized spacial score (nSPS) is 22.4. The number of dihydropyridines is 1. The highest BCUT2D eigenvalue weighted by Crippen LogP contribution is 2.17. The molecule has 0 aliphatic carbocycles. The van der Waals surface area contributed by atoms with Gasteiger partial charge in [-0.1, -0.05) is 6.08 Å². The van der Waals surface area contributed by atoms with Crippen molar-refractivity contribution >= 4 is 6.21 Å². The standard InChI is InChI=1S/C8H10N2/c1-3-7-8(9-5-1)4-2-6-10-7/h1,3,6,9H,2,4-5H2. The molecule has 2 heteroatoms. The maximum absolute atomic E-state index is 4.26. The third-order valence-electron chi connectivity index (χ3n) is 1.77. The zero-order valence-corrected chi connectivity index (χ0v) is 5.80. The van der Waals surface area contributed by atoms with Gasteiger partial charge in [0.15, 0.2) is 0 Å². The van der Waals surface area contributed by atoms with Crippen LogP contribution in [0.1, 0.15) is 12.8 Å². The number of rotatable bonds is 0. The predicted molar refractivity (Wildman–Crippen MR) is 41.9 cm³/mol. The van der Waals surface area contributed by atoms with E-state index in [0.717, 1.165) is 25.1 Å². The summed E-state index contributed by atoms with van der Waals surface area (Å²) in [5.41, 5.74) is 2.43. The Bertz CT molecular complexity index is 201. The van der Waals surface area contributed by atoms with Crippen molar-refractivity contribution < 1.29 is 0 Å². The summed E-state index contributed by atoms with van der Waals surface area (Å²) in [6.07, 6.45) is 8.38. The maximum Gasteiger partial charge on any atom is 0.0812 e. The lowest BCUT2D eigenvalue weighted by Gasteiger charge is -2.17. The van der Waals surface area contributed by atoms with Crippen molar-refractivity contribution in [3.63, 3.8) is 0 Å². The molecular formula is C8H10N2. The summed E-state index contributed by atoms with van der Waals surface area (Å²) < 4.78 is 0. The summed E-state index contributed by atoms with van der Waals surface area (Å²) >= 11 is 0. The predicted octanol–water partition coefficient (Wildman–Crippen LogP) is 1.22. The Morgan fingerprint density at radius 1 is 1.50 bits per heavy atom. The molecule has 0 aromatic heterocycles. The maximum atomic E-state index is 4.26. The van der Waals surface area contributed by atoms with E-state index in [4.69, 9.17) is 0 Å². The van der Waals surface area contributed by atoms with Crippen molar-refractivity contribution in [1.29, 1.82) is 0 Å². The zero-order valence-electron chi connectivity index (χ0n) is 5.80. The average Bonchev–Trinajstić information content (AvgIpc) is 2.05. The Morgan fingerprint density at radius 3 is 3.40 bits per heavy atom. The van der Waals surface area contributed by atoms with Crippen molar-refractivity contribution in [2.45, 2.75) is 12.8 Å². The number of allylic oxidation sites excluding steroid dienone is 2. The molecule has 0 bridgehead atoms. The van der Waals surface area contributed by atoms with E-state index in [1.54, 1.807) is 0 Å². The van der Waals surface area contributed by atoms with Crippen LogP contribution in [0, 0.1) is 0 Å². The molecule has 2 rings (SSSR count). The fourth-order valence-electron chi connectivity index (χ4n) is 1.25. The molecule has 2 aliphatic heterocycles. The number of hydrogen-bond acceptors (Lipinski definition) is 2. The lowest BCUT2D eigenvalue weighted by molar-refractivity contribution is 0.783. The van der Waals surface area contributed by atoms with Crippen LogP contribution in [0.2, 0.25) is 0 Å². The van der Waals surface area contributed by atoms with E-state index in [1.165, 1.54) is 5.70 Å². The Morgan fingerprint density at radius 2 is 2.50 bits per heavy atom. The summed E-state index contributed by atoms with van der Waals surface area (Å²) in [6, 6.07) is 0. The van der Waals surface area contributed by atoms with Gasteiger partial charge in [-0.05, 0) is 18.9 Å². The number of hydrogen-bond donors (Lipinski definition) is 1. The smallest absolute Gasteiger partial charge is 0.0812 e. The molecule has 1 N–H and O–H groups in total. The van der Waals surface area contributed by atoms with E-state index in [9.17, 15) is 0 Å². The van der Waals surface area contributed by atoms with E-state index in [1.807, 2.05) is 6.21 Å². The van der Waals surface area contributed by atoms with Gasteiger partial charge in [0.05, 0.1) is 5.70 Å². The summed E-state index contributed by atoms with van der Waals surface area (Å²) in [7, 11) is 0. The van der Waals surface area contributed by atoms with E-state index in [2.05, 4.69) is 22.5 Å². The van der Waals surface area contributed by atoms with Gasteiger partial charge in [-0.3, -0.25) is 4.99 Å². The van der Waals surface area contributed by atoms with Gasteiger partial charge in [-0.15, -0.1) is 0 Å². The Kier molecular flexibility index (Phi) is 1.31. The molecule has 0 radical (unpaired) electrons. The van der Waals surface area contributed by atoms with Gasteiger partial charge in [0.1, 0.15) is 0 Å². The molecule has 52 valence electrons. The zero-order chi connectivity index (χ0) is 6.81. The monoisotopic (exact) mass is 134 g/mol. The van der Waals surface area contributed by atoms with Crippen molar-refractivity contribution in [2.24, 2.45) is 4.99 Å². The molecule has 10 heavy (non-hydrogen) atoms. The molecule has 2 heterocycles. The molecular weight excluding hydrogens is 124 g/mol. The van der Waals surface area contributed by atoms with Gasteiger partial charge in [-0.25, -0.2) is 0 Å². The highest BCUT2D eigenvalue weighted by Gasteiger charge is 2.08. The lowest BCUT2D eigenvalue weighted by Crippen LogP contribution is -2.19. The average molecular weight is 134 g/mol. The van der Waals surface area contributed by atoms with Gasteiger partial charge in [0.25, 0.3) is 0 Å². The van der Waals surface area contributed by atoms with Crippen LogP contribution in [-0.4, -0.2) is 12.8 Å². The molecule has 0 saturated carbocycles. The first-order chi connectivity index (χ1) is 4.97. The molecule has 0 amide bonds. The quantitative estimate of drug-likeness (QED) is 0.529. The van der Waals surface area contributed by atoms with Crippen molar-refractivity contribution in [3.8, 4) is 0 Å². The van der Waals surface area contributed by atoms with Crippen molar-refractivity contribution in [1.82, 2.24) is 5.32 Å². The largest absolute Gasteiger partial charge is 0.383 e. The van der Waals surface area contributed by atoms with Crippen LogP contribution in [-0.2, 0) is 0 Å². The first-order valence-electron chi connectivity index (χ1n) is 3.63. The van der Waals surface area contributed by atoms with Gasteiger partial charge in [0, 0.05) is 18.5 Å². The van der Waals surface area contributed by atoms with Crippen LogP contribution in [0.5, 0.6) is 0 Å². The van der Waals surface area contributed by atoms with E-state index < -0.39 is 0 Å². The lowest BCUT2D eigenvalue weighted by atomic mass is 10.1. The molecule has 2 nitrogen and oxygen atoms in total. The molecule has 0 spiro atoms. The van der Waals surface area contributed by atoms with Crippen LogP contribution in [0.15, 0.2) is 28.5 Å². The molecule has 2 aliphatic rings. The topological polar surface area (TPSA) is 24.4 Å². The van der Waals surface area contributed by atoms with Crippen molar-refractivity contribution in [2.75, 3.05) is 6.54 Å². The molecule has 0 fully saturated rings. The van der Waals surface area contributed by atoms with E-state index >= 15 is 0 Å². The fraction of sp³-hybridized carbons (Fsp3) is 0.375. The minimum absolute atomic E-state index is 0.967. The van der Waals surface area contributed by atoms with Gasteiger partial charge < -0.3 is 5.32 Å². The van der Waals surface area contributed by atoms with Crippen molar-refractivity contribution in [3.05, 3.63) is 23.5 Å². The summed E-state index contributed by atoms with van der Waals surface area (Å²) in [6.45, 7) is 0.967. The van der Waals surface area contributed by atoms with Gasteiger partial charge in [0.2, 0.25) is 0 Å². The Balaban J connectivity index is 2.32. The second-order valence-corrected chi connectivity index (χ2v) is 2.50. The number of nitrogens with one attached hydrogen (secondary N) is 1. The van der Waals surface area contributed by atoms with Gasteiger partial charge in [-0.2, -0.15) is 0 Å². The molecule has 0 atom stereocenters. The molecule has 0 aromatic carbocycles.